The molecule has 3 heterocycles. The van der Waals surface area contributed by atoms with E-state index in [0.717, 1.165) is 53.3 Å². The summed E-state index contributed by atoms with van der Waals surface area (Å²) in [6, 6.07) is 13.9. The zero-order valence-corrected chi connectivity index (χ0v) is 19.6. The summed E-state index contributed by atoms with van der Waals surface area (Å²) < 4.78 is 5.23. The van der Waals surface area contributed by atoms with Crippen LogP contribution in [0.15, 0.2) is 48.7 Å². The highest BCUT2D eigenvalue weighted by atomic mass is 16.5. The van der Waals surface area contributed by atoms with Gasteiger partial charge < -0.3 is 20.3 Å². The summed E-state index contributed by atoms with van der Waals surface area (Å²) >= 11 is 0. The Kier molecular flexibility index (Phi) is 6.72. The van der Waals surface area contributed by atoms with Gasteiger partial charge in [0.25, 0.3) is 0 Å². The van der Waals surface area contributed by atoms with Crippen molar-refractivity contribution in [2.45, 2.75) is 38.5 Å². The smallest absolute Gasteiger partial charge is 0.228 e. The number of fused-ring (bicyclic) bond motifs is 3. The van der Waals surface area contributed by atoms with Crippen molar-refractivity contribution in [3.63, 3.8) is 0 Å². The van der Waals surface area contributed by atoms with Crippen molar-refractivity contribution in [3.05, 3.63) is 59.8 Å². The van der Waals surface area contributed by atoms with E-state index in [4.69, 9.17) is 9.72 Å². The number of piperidine rings is 1. The van der Waals surface area contributed by atoms with E-state index in [9.17, 15) is 4.79 Å². The van der Waals surface area contributed by atoms with Gasteiger partial charge in [-0.2, -0.15) is 0 Å². The topological polar surface area (TPSA) is 79.4 Å². The molecule has 176 valence electrons. The fourth-order valence-electron chi connectivity index (χ4n) is 4.74. The Morgan fingerprint density at radius 1 is 1.09 bits per heavy atom. The highest BCUT2D eigenvalue weighted by Gasteiger charge is 2.21. The van der Waals surface area contributed by atoms with Crippen molar-refractivity contribution in [3.8, 4) is 17.0 Å². The van der Waals surface area contributed by atoms with Crippen LogP contribution in [0.5, 0.6) is 5.75 Å². The molecule has 0 atom stereocenters. The van der Waals surface area contributed by atoms with Crippen LogP contribution in [0.1, 0.15) is 36.8 Å². The zero-order valence-electron chi connectivity index (χ0n) is 19.6. The second-order valence-corrected chi connectivity index (χ2v) is 9.03. The number of amides is 1. The molecule has 0 radical (unpaired) electrons. The lowest BCUT2D eigenvalue weighted by molar-refractivity contribution is -0.115. The normalized spacial score (nSPS) is 15.6. The van der Waals surface area contributed by atoms with Gasteiger partial charge in [-0.1, -0.05) is 12.5 Å². The molecule has 2 aliphatic heterocycles. The molecule has 2 N–H and O–H groups in total. The molecule has 1 aromatic heterocycles. The zero-order chi connectivity index (χ0) is 23.3. The van der Waals surface area contributed by atoms with E-state index in [0.29, 0.717) is 5.95 Å². The average molecular weight is 458 g/mol. The first-order valence-electron chi connectivity index (χ1n) is 12.1. The number of nitrogens with zero attached hydrogens (tertiary/aromatic N) is 3. The number of benzene rings is 2. The van der Waals surface area contributed by atoms with Crippen LogP contribution in [0.3, 0.4) is 0 Å². The third kappa shape index (κ3) is 5.20. The second-order valence-electron chi connectivity index (χ2n) is 9.03. The van der Waals surface area contributed by atoms with E-state index < -0.39 is 0 Å². The van der Waals surface area contributed by atoms with Gasteiger partial charge in [0.1, 0.15) is 5.75 Å². The maximum absolute atomic E-state index is 12.5. The van der Waals surface area contributed by atoms with Gasteiger partial charge in [0.05, 0.1) is 24.9 Å². The number of hydrogen-bond acceptors (Lipinski definition) is 6. The fourth-order valence-corrected chi connectivity index (χ4v) is 4.74. The Bertz CT molecular complexity index is 1160. The van der Waals surface area contributed by atoms with Crippen LogP contribution < -0.4 is 15.4 Å². The maximum atomic E-state index is 12.5. The predicted octanol–water partition coefficient (Wildman–Crippen LogP) is 4.81. The summed E-state index contributed by atoms with van der Waals surface area (Å²) in [7, 11) is 1.65. The van der Waals surface area contributed by atoms with Crippen molar-refractivity contribution < 1.29 is 9.53 Å². The highest BCUT2D eigenvalue weighted by molar-refractivity contribution is 6.00. The van der Waals surface area contributed by atoms with Crippen LogP contribution >= 0.6 is 0 Å². The summed E-state index contributed by atoms with van der Waals surface area (Å²) in [6.07, 6.45) is 8.16. The molecule has 2 aromatic carbocycles. The number of carbonyl (C=O) groups excluding carboxylic acids is 1. The molecule has 7 nitrogen and oxygen atoms in total. The Morgan fingerprint density at radius 2 is 1.91 bits per heavy atom. The second kappa shape index (κ2) is 10.2. The number of methoxy groups -OCH3 is 1. The first-order chi connectivity index (χ1) is 16.7. The minimum absolute atomic E-state index is 0.0442. The van der Waals surface area contributed by atoms with E-state index in [1.165, 1.54) is 37.9 Å². The Balaban J connectivity index is 1.37. The highest BCUT2D eigenvalue weighted by Crippen LogP contribution is 2.34. The van der Waals surface area contributed by atoms with E-state index in [2.05, 4.69) is 32.7 Å². The number of aryl methyl sites for hydroxylation is 1. The first-order valence-corrected chi connectivity index (χ1v) is 12.1. The number of ether oxygens (including phenoxy) is 1. The molecule has 3 aromatic rings. The Morgan fingerprint density at radius 3 is 2.71 bits per heavy atom. The third-order valence-electron chi connectivity index (χ3n) is 6.56. The van der Waals surface area contributed by atoms with Gasteiger partial charge in [0.2, 0.25) is 11.9 Å². The molecule has 0 spiro atoms. The number of rotatable bonds is 7. The minimum Gasteiger partial charge on any atom is -0.497 e. The van der Waals surface area contributed by atoms with Crippen molar-refractivity contribution >= 4 is 23.2 Å². The van der Waals surface area contributed by atoms with Crippen LogP contribution in [0.2, 0.25) is 0 Å². The van der Waals surface area contributed by atoms with Crippen molar-refractivity contribution in [1.82, 2.24) is 14.9 Å². The molecule has 0 aliphatic carbocycles. The van der Waals surface area contributed by atoms with Crippen LogP contribution in [0, 0.1) is 0 Å². The summed E-state index contributed by atoms with van der Waals surface area (Å²) in [5.41, 5.74) is 5.53. The number of carbonyl (C=O) groups is 1. The monoisotopic (exact) mass is 457 g/mol. The number of likely N-dealkylation sites (tertiary alicyclic amines) is 1. The molecule has 0 saturated carbocycles. The average Bonchev–Trinajstić information content (AvgIpc) is 3.00. The van der Waals surface area contributed by atoms with E-state index in [1.807, 2.05) is 30.3 Å². The third-order valence-corrected chi connectivity index (χ3v) is 6.56. The van der Waals surface area contributed by atoms with Gasteiger partial charge in [-0.05, 0) is 87.3 Å². The maximum Gasteiger partial charge on any atom is 0.228 e. The van der Waals surface area contributed by atoms with E-state index >= 15 is 0 Å². The predicted molar refractivity (Wildman–Crippen MR) is 135 cm³/mol. The molecule has 0 unspecified atom stereocenters. The fraction of sp³-hybridized carbons (Fsp3) is 0.370. The number of hydrogen-bond donors (Lipinski definition) is 2. The van der Waals surface area contributed by atoms with Crippen molar-refractivity contribution in [2.24, 2.45) is 0 Å². The summed E-state index contributed by atoms with van der Waals surface area (Å²) in [6.45, 7) is 3.59. The van der Waals surface area contributed by atoms with Crippen LogP contribution in [-0.2, 0) is 17.6 Å². The molecule has 0 bridgehead atoms. The van der Waals surface area contributed by atoms with Crippen LogP contribution in [-0.4, -0.2) is 47.5 Å². The SMILES string of the molecule is COc1ccc(Nc2ncc3c(n2)-c2cc(CCCN4CCCCC4)ccc2NC(=O)C3)cc1. The van der Waals surface area contributed by atoms with Crippen molar-refractivity contribution in [1.29, 1.82) is 0 Å². The van der Waals surface area contributed by atoms with Crippen LogP contribution in [0.25, 0.3) is 11.3 Å². The van der Waals surface area contributed by atoms with Gasteiger partial charge in [-0.15, -0.1) is 0 Å². The van der Waals surface area contributed by atoms with Crippen molar-refractivity contribution in [2.75, 3.05) is 37.4 Å². The first kappa shape index (κ1) is 22.3. The molecule has 1 amide bonds. The summed E-state index contributed by atoms with van der Waals surface area (Å²) in [5, 5.41) is 6.30. The molecule has 34 heavy (non-hydrogen) atoms. The summed E-state index contributed by atoms with van der Waals surface area (Å²) in [5.74, 6) is 1.25. The standard InChI is InChI=1S/C27H31N5O2/c1-34-22-10-8-21(9-11-22)29-27-28-18-20-17-25(33)30-24-12-7-19(16-23(24)26(20)31-27)6-5-15-32-13-3-2-4-14-32/h7-12,16,18H,2-6,13-15,17H2,1H3,(H,30,33)(H,28,29,31). The number of anilines is 3. The van der Waals surface area contributed by atoms with Crippen LogP contribution in [0.4, 0.5) is 17.3 Å². The number of nitrogens with one attached hydrogen (secondary N) is 2. The minimum atomic E-state index is -0.0442. The lowest BCUT2D eigenvalue weighted by Crippen LogP contribution is -2.30. The van der Waals surface area contributed by atoms with Gasteiger partial charge in [0, 0.05) is 23.0 Å². The summed E-state index contributed by atoms with van der Waals surface area (Å²) in [4.78, 5) is 24.3. The molecular weight excluding hydrogens is 426 g/mol. The van der Waals surface area contributed by atoms with E-state index in [-0.39, 0.29) is 12.3 Å². The largest absolute Gasteiger partial charge is 0.497 e. The molecule has 5 rings (SSSR count). The molecule has 1 fully saturated rings. The Hall–Kier alpha value is -3.45. The molecule has 1 saturated heterocycles. The molecule has 2 aliphatic rings. The van der Waals surface area contributed by atoms with Gasteiger partial charge in [0.15, 0.2) is 0 Å². The lowest BCUT2D eigenvalue weighted by Gasteiger charge is -2.26. The van der Waals surface area contributed by atoms with Gasteiger partial charge in [-0.3, -0.25) is 4.79 Å². The van der Waals surface area contributed by atoms with Gasteiger partial charge >= 0.3 is 0 Å². The van der Waals surface area contributed by atoms with E-state index in [1.54, 1.807) is 13.3 Å². The number of aromatic nitrogens is 2. The lowest BCUT2D eigenvalue weighted by atomic mass is 10.00. The van der Waals surface area contributed by atoms with Gasteiger partial charge in [-0.25, -0.2) is 9.97 Å². The Labute approximate surface area is 200 Å². The quantitative estimate of drug-likeness (QED) is 0.530. The molecular formula is C27H31N5O2. The molecule has 7 heteroatoms.